The molecule has 0 unspecified atom stereocenters. The standard InChI is InChI=1S/C11H22O3S/c1-8(2)10-6-5-9(3)7-11(10)14-15(4,12)13/h8-11H,5-7H2,1-4H3/t9-,10+,11-/m1/s1. The molecule has 15 heavy (non-hydrogen) atoms. The molecule has 1 rings (SSSR count). The van der Waals surface area contributed by atoms with Crippen molar-refractivity contribution in [2.75, 3.05) is 6.26 Å². The van der Waals surface area contributed by atoms with E-state index in [1.807, 2.05) is 0 Å². The molecule has 0 amide bonds. The lowest BCUT2D eigenvalue weighted by Crippen LogP contribution is -2.35. The molecule has 0 heterocycles. The third-order valence-electron chi connectivity index (χ3n) is 3.26. The first-order valence-corrected chi connectivity index (χ1v) is 7.49. The van der Waals surface area contributed by atoms with Crippen molar-refractivity contribution in [3.63, 3.8) is 0 Å². The lowest BCUT2D eigenvalue weighted by molar-refractivity contribution is 0.0519. The summed E-state index contributed by atoms with van der Waals surface area (Å²) in [5.41, 5.74) is 0. The van der Waals surface area contributed by atoms with Crippen molar-refractivity contribution in [3.05, 3.63) is 0 Å². The second-order valence-electron chi connectivity index (χ2n) is 5.16. The summed E-state index contributed by atoms with van der Waals surface area (Å²) in [5.74, 6) is 1.45. The first-order chi connectivity index (χ1) is 6.79. The fourth-order valence-corrected chi connectivity index (χ4v) is 3.12. The van der Waals surface area contributed by atoms with Crippen LogP contribution in [0.15, 0.2) is 0 Å². The molecule has 0 aliphatic heterocycles. The highest BCUT2D eigenvalue weighted by Gasteiger charge is 2.33. The topological polar surface area (TPSA) is 43.4 Å². The Morgan fingerprint density at radius 2 is 1.87 bits per heavy atom. The Balaban J connectivity index is 2.70. The summed E-state index contributed by atoms with van der Waals surface area (Å²) in [6, 6.07) is 0. The van der Waals surface area contributed by atoms with E-state index in [0.717, 1.165) is 19.1 Å². The van der Waals surface area contributed by atoms with Gasteiger partial charge in [-0.1, -0.05) is 27.2 Å². The molecular weight excluding hydrogens is 212 g/mol. The lowest BCUT2D eigenvalue weighted by Gasteiger charge is -2.36. The van der Waals surface area contributed by atoms with Crippen molar-refractivity contribution in [2.24, 2.45) is 17.8 Å². The second-order valence-corrected chi connectivity index (χ2v) is 6.77. The van der Waals surface area contributed by atoms with Gasteiger partial charge in [0.25, 0.3) is 10.1 Å². The summed E-state index contributed by atoms with van der Waals surface area (Å²) in [4.78, 5) is 0. The Labute approximate surface area is 93.3 Å². The number of hydrogen-bond acceptors (Lipinski definition) is 3. The first kappa shape index (κ1) is 13.0. The minimum absolute atomic E-state index is 0.108. The molecule has 1 aliphatic rings. The SMILES string of the molecule is CC(C)[C@@H]1CC[C@@H](C)C[C@H]1OS(C)(=O)=O. The van der Waals surface area contributed by atoms with E-state index in [1.54, 1.807) is 0 Å². The van der Waals surface area contributed by atoms with Gasteiger partial charge in [-0.05, 0) is 30.6 Å². The molecule has 0 N–H and O–H groups in total. The van der Waals surface area contributed by atoms with Crippen molar-refractivity contribution in [2.45, 2.75) is 46.1 Å². The zero-order valence-corrected chi connectivity index (χ0v) is 10.9. The molecule has 3 atom stereocenters. The third-order valence-corrected chi connectivity index (χ3v) is 3.86. The van der Waals surface area contributed by atoms with Crippen LogP contribution in [0.4, 0.5) is 0 Å². The molecule has 90 valence electrons. The van der Waals surface area contributed by atoms with Crippen LogP contribution in [0.3, 0.4) is 0 Å². The van der Waals surface area contributed by atoms with Gasteiger partial charge in [0, 0.05) is 0 Å². The zero-order valence-electron chi connectivity index (χ0n) is 10.1. The van der Waals surface area contributed by atoms with Crippen molar-refractivity contribution >= 4 is 10.1 Å². The van der Waals surface area contributed by atoms with E-state index in [-0.39, 0.29) is 6.10 Å². The van der Waals surface area contributed by atoms with E-state index in [4.69, 9.17) is 4.18 Å². The van der Waals surface area contributed by atoms with E-state index in [9.17, 15) is 8.42 Å². The van der Waals surface area contributed by atoms with Crippen LogP contribution in [0, 0.1) is 17.8 Å². The van der Waals surface area contributed by atoms with Crippen molar-refractivity contribution in [1.82, 2.24) is 0 Å². The summed E-state index contributed by atoms with van der Waals surface area (Å²) in [6.45, 7) is 6.44. The molecule has 0 aromatic heterocycles. The van der Waals surface area contributed by atoms with Crippen molar-refractivity contribution in [3.8, 4) is 0 Å². The molecule has 0 saturated heterocycles. The van der Waals surface area contributed by atoms with E-state index in [1.165, 1.54) is 6.42 Å². The van der Waals surface area contributed by atoms with Crippen LogP contribution in [0.1, 0.15) is 40.0 Å². The average Bonchev–Trinajstić information content (AvgIpc) is 1.99. The van der Waals surface area contributed by atoms with Crippen molar-refractivity contribution in [1.29, 1.82) is 0 Å². The highest BCUT2D eigenvalue weighted by Crippen LogP contribution is 2.35. The summed E-state index contributed by atoms with van der Waals surface area (Å²) in [6.07, 6.45) is 4.18. The van der Waals surface area contributed by atoms with E-state index >= 15 is 0 Å². The number of hydrogen-bond donors (Lipinski definition) is 0. The second kappa shape index (κ2) is 4.83. The van der Waals surface area contributed by atoms with Gasteiger partial charge in [0.2, 0.25) is 0 Å². The molecule has 4 heteroatoms. The molecule has 3 nitrogen and oxygen atoms in total. The summed E-state index contributed by atoms with van der Waals surface area (Å²) < 4.78 is 27.5. The molecule has 1 aliphatic carbocycles. The van der Waals surface area contributed by atoms with Crippen molar-refractivity contribution < 1.29 is 12.6 Å². The van der Waals surface area contributed by atoms with Gasteiger partial charge in [-0.15, -0.1) is 0 Å². The Hall–Kier alpha value is -0.0900. The first-order valence-electron chi connectivity index (χ1n) is 5.68. The fraction of sp³-hybridized carbons (Fsp3) is 1.00. The van der Waals surface area contributed by atoms with Crippen LogP contribution in [-0.2, 0) is 14.3 Å². The highest BCUT2D eigenvalue weighted by molar-refractivity contribution is 7.86. The quantitative estimate of drug-likeness (QED) is 0.704. The molecule has 0 bridgehead atoms. The molecule has 1 saturated carbocycles. The fourth-order valence-electron chi connectivity index (χ4n) is 2.45. The summed E-state index contributed by atoms with van der Waals surface area (Å²) in [5, 5.41) is 0. The predicted molar refractivity (Wildman–Crippen MR) is 61.1 cm³/mol. The highest BCUT2D eigenvalue weighted by atomic mass is 32.2. The summed E-state index contributed by atoms with van der Waals surface area (Å²) in [7, 11) is -3.31. The van der Waals surface area contributed by atoms with Gasteiger partial charge in [0.1, 0.15) is 0 Å². The normalized spacial score (nSPS) is 33.3. The van der Waals surface area contributed by atoms with Gasteiger partial charge in [-0.3, -0.25) is 4.18 Å². The van der Waals surface area contributed by atoms with Crippen LogP contribution in [0.2, 0.25) is 0 Å². The molecule has 0 aromatic carbocycles. The summed E-state index contributed by atoms with van der Waals surface area (Å²) >= 11 is 0. The minimum atomic E-state index is -3.31. The minimum Gasteiger partial charge on any atom is -0.267 e. The van der Waals surface area contributed by atoms with Crippen LogP contribution < -0.4 is 0 Å². The van der Waals surface area contributed by atoms with Crippen LogP contribution in [0.5, 0.6) is 0 Å². The number of rotatable bonds is 3. The smallest absolute Gasteiger partial charge is 0.264 e. The molecule has 0 radical (unpaired) electrons. The van der Waals surface area contributed by atoms with Gasteiger partial charge in [-0.25, -0.2) is 0 Å². The van der Waals surface area contributed by atoms with Gasteiger partial charge in [0.05, 0.1) is 12.4 Å². The van der Waals surface area contributed by atoms with E-state index in [0.29, 0.717) is 17.8 Å². The van der Waals surface area contributed by atoms with Crippen LogP contribution in [-0.4, -0.2) is 20.8 Å². The largest absolute Gasteiger partial charge is 0.267 e. The van der Waals surface area contributed by atoms with Crippen LogP contribution in [0.25, 0.3) is 0 Å². The van der Waals surface area contributed by atoms with E-state index in [2.05, 4.69) is 20.8 Å². The Bertz CT molecular complexity index is 295. The van der Waals surface area contributed by atoms with Crippen LogP contribution >= 0.6 is 0 Å². The Morgan fingerprint density at radius 3 is 2.33 bits per heavy atom. The average molecular weight is 234 g/mol. The maximum Gasteiger partial charge on any atom is 0.264 e. The Morgan fingerprint density at radius 1 is 1.27 bits per heavy atom. The third kappa shape index (κ3) is 4.11. The monoisotopic (exact) mass is 234 g/mol. The van der Waals surface area contributed by atoms with Gasteiger partial charge in [-0.2, -0.15) is 8.42 Å². The maximum atomic E-state index is 11.2. The molecule has 1 fully saturated rings. The maximum absolute atomic E-state index is 11.2. The lowest BCUT2D eigenvalue weighted by atomic mass is 9.75. The molecular formula is C11H22O3S. The van der Waals surface area contributed by atoms with E-state index < -0.39 is 10.1 Å². The van der Waals surface area contributed by atoms with Gasteiger partial charge < -0.3 is 0 Å². The van der Waals surface area contributed by atoms with Gasteiger partial charge in [0.15, 0.2) is 0 Å². The van der Waals surface area contributed by atoms with Gasteiger partial charge >= 0.3 is 0 Å². The molecule has 0 spiro atoms. The molecule has 0 aromatic rings. The zero-order chi connectivity index (χ0) is 11.6. The predicted octanol–water partition coefficient (Wildman–Crippen LogP) is 2.42. The Kier molecular flexibility index (Phi) is 4.18.